The number of rotatable bonds is 6. The van der Waals surface area contributed by atoms with Crippen molar-refractivity contribution in [1.29, 1.82) is 0 Å². The second-order valence-electron chi connectivity index (χ2n) is 8.36. The zero-order chi connectivity index (χ0) is 24.0. The molecular weight excluding hydrogens is 472 g/mol. The van der Waals surface area contributed by atoms with Gasteiger partial charge in [0.1, 0.15) is 21.7 Å². The first kappa shape index (κ1) is 22.5. The molecule has 174 valence electrons. The first-order valence-corrected chi connectivity index (χ1v) is 12.8. The highest BCUT2D eigenvalue weighted by Gasteiger charge is 2.31. The minimum Gasteiger partial charge on any atom is -0.468 e. The minimum absolute atomic E-state index is 0.0346. The highest BCUT2D eigenvalue weighted by molar-refractivity contribution is 7.89. The molecule has 0 bridgehead atoms. The number of H-pyrrole nitrogens is 1. The van der Waals surface area contributed by atoms with Crippen LogP contribution in [0.25, 0.3) is 21.9 Å². The van der Waals surface area contributed by atoms with Crippen molar-refractivity contribution >= 4 is 43.7 Å². The molecule has 3 aromatic heterocycles. The number of nitrogens with zero attached hydrogens (tertiary/aromatic N) is 3. The highest BCUT2D eigenvalue weighted by Crippen LogP contribution is 2.30. The van der Waals surface area contributed by atoms with Crippen LogP contribution in [0.4, 0.5) is 0 Å². The van der Waals surface area contributed by atoms with Crippen molar-refractivity contribution in [3.63, 3.8) is 0 Å². The van der Waals surface area contributed by atoms with E-state index in [2.05, 4.69) is 13.7 Å². The van der Waals surface area contributed by atoms with Crippen molar-refractivity contribution in [2.75, 3.05) is 0 Å². The summed E-state index contributed by atoms with van der Waals surface area (Å²) in [7, 11) is -4.06. The van der Waals surface area contributed by atoms with Crippen LogP contribution in [0.3, 0.4) is 0 Å². The first-order valence-electron chi connectivity index (χ1n) is 10.6. The monoisotopic (exact) mass is 494 g/mol. The lowest BCUT2D eigenvalue weighted by Gasteiger charge is -2.22. The smallest absolute Gasteiger partial charge is 0.252 e. The molecule has 0 saturated carbocycles. The fourth-order valence-electron chi connectivity index (χ4n) is 4.21. The van der Waals surface area contributed by atoms with Crippen molar-refractivity contribution < 1.29 is 12.8 Å². The van der Waals surface area contributed by atoms with Gasteiger partial charge in [-0.05, 0) is 67.8 Å². The number of fused-ring (bicyclic) bond motifs is 2. The Morgan fingerprint density at radius 2 is 1.85 bits per heavy atom. The maximum Gasteiger partial charge on any atom is 0.252 e. The van der Waals surface area contributed by atoms with Gasteiger partial charge in [-0.1, -0.05) is 12.1 Å². The van der Waals surface area contributed by atoms with Crippen LogP contribution in [0, 0.1) is 20.8 Å². The molecule has 34 heavy (non-hydrogen) atoms. The molecule has 5 rings (SSSR count). The summed E-state index contributed by atoms with van der Waals surface area (Å²) in [5, 5.41) is 0.873. The molecule has 0 spiro atoms. The Labute approximate surface area is 200 Å². The van der Waals surface area contributed by atoms with Crippen molar-refractivity contribution in [3.05, 3.63) is 87.1 Å². The zero-order valence-corrected chi connectivity index (χ0v) is 20.5. The van der Waals surface area contributed by atoms with Gasteiger partial charge >= 0.3 is 0 Å². The van der Waals surface area contributed by atoms with Gasteiger partial charge in [-0.3, -0.25) is 4.79 Å². The van der Waals surface area contributed by atoms with E-state index in [-0.39, 0.29) is 23.5 Å². The molecule has 1 N–H and O–H groups in total. The summed E-state index contributed by atoms with van der Waals surface area (Å²) in [6, 6.07) is 12.6. The Kier molecular flexibility index (Phi) is 5.59. The van der Waals surface area contributed by atoms with Crippen molar-refractivity contribution in [2.24, 2.45) is 0 Å². The predicted molar refractivity (Wildman–Crippen MR) is 131 cm³/mol. The third-order valence-corrected chi connectivity index (χ3v) is 8.34. The van der Waals surface area contributed by atoms with Crippen LogP contribution in [0.2, 0.25) is 0 Å². The maximum atomic E-state index is 14.0. The van der Waals surface area contributed by atoms with E-state index >= 15 is 0 Å². The molecule has 0 aliphatic heterocycles. The molecule has 0 amide bonds. The summed E-state index contributed by atoms with van der Waals surface area (Å²) in [5.41, 5.74) is 4.18. The molecule has 5 aromatic rings. The second-order valence-corrected chi connectivity index (χ2v) is 10.8. The van der Waals surface area contributed by atoms with Gasteiger partial charge in [0.05, 0.1) is 24.5 Å². The minimum atomic E-state index is -4.06. The molecule has 0 radical (unpaired) electrons. The van der Waals surface area contributed by atoms with Crippen LogP contribution in [0.15, 0.2) is 62.8 Å². The Morgan fingerprint density at radius 1 is 1.03 bits per heavy atom. The number of benzene rings is 2. The summed E-state index contributed by atoms with van der Waals surface area (Å²) >= 11 is 0.963. The van der Waals surface area contributed by atoms with Gasteiger partial charge < -0.3 is 9.40 Å². The number of hydrogen-bond acceptors (Lipinski definition) is 7. The SMILES string of the molecule is Cc1cc(C)c2cc(CN(Cc3ccco3)S(=O)(=O)c3c(C)ccc4nsnc34)c(=O)[nH]c2c1. The number of sulfonamides is 1. The van der Waals surface area contributed by atoms with E-state index in [0.29, 0.717) is 27.9 Å². The highest BCUT2D eigenvalue weighted by atomic mass is 32.2. The van der Waals surface area contributed by atoms with Crippen molar-refractivity contribution in [1.82, 2.24) is 18.0 Å². The number of aryl methyl sites for hydroxylation is 3. The zero-order valence-electron chi connectivity index (χ0n) is 18.8. The molecule has 10 heteroatoms. The van der Waals surface area contributed by atoms with Gasteiger partial charge in [0.15, 0.2) is 0 Å². The van der Waals surface area contributed by atoms with Gasteiger partial charge in [-0.15, -0.1) is 0 Å². The molecule has 0 unspecified atom stereocenters. The van der Waals surface area contributed by atoms with Gasteiger partial charge in [0, 0.05) is 23.0 Å². The van der Waals surface area contributed by atoms with E-state index in [1.165, 1.54) is 10.6 Å². The van der Waals surface area contributed by atoms with E-state index in [1.807, 2.05) is 26.0 Å². The van der Waals surface area contributed by atoms with Crippen LogP contribution in [0.5, 0.6) is 0 Å². The number of nitrogens with one attached hydrogen (secondary N) is 1. The van der Waals surface area contributed by atoms with Crippen molar-refractivity contribution in [3.8, 4) is 0 Å². The molecule has 8 nitrogen and oxygen atoms in total. The van der Waals surface area contributed by atoms with Crippen LogP contribution in [-0.4, -0.2) is 26.5 Å². The van der Waals surface area contributed by atoms with E-state index < -0.39 is 10.0 Å². The molecule has 0 aliphatic rings. The number of aromatic nitrogens is 3. The number of aromatic amines is 1. The lowest BCUT2D eigenvalue weighted by atomic mass is 10.0. The summed E-state index contributed by atoms with van der Waals surface area (Å²) < 4.78 is 43.1. The van der Waals surface area contributed by atoms with Crippen molar-refractivity contribution in [2.45, 2.75) is 38.8 Å². The fourth-order valence-corrected chi connectivity index (χ4v) is 6.54. The Morgan fingerprint density at radius 3 is 2.62 bits per heavy atom. The number of furan rings is 1. The molecule has 3 heterocycles. The molecule has 0 saturated heterocycles. The Bertz CT molecular complexity index is 1690. The Balaban J connectivity index is 1.65. The lowest BCUT2D eigenvalue weighted by Crippen LogP contribution is -2.33. The largest absolute Gasteiger partial charge is 0.468 e. The maximum absolute atomic E-state index is 14.0. The molecule has 0 atom stereocenters. The average molecular weight is 495 g/mol. The van der Waals surface area contributed by atoms with E-state index in [1.54, 1.807) is 37.3 Å². The van der Waals surface area contributed by atoms with Crippen LogP contribution < -0.4 is 5.56 Å². The molecule has 2 aromatic carbocycles. The van der Waals surface area contributed by atoms with Crippen LogP contribution >= 0.6 is 11.7 Å². The molecule has 0 aliphatic carbocycles. The third-order valence-electron chi connectivity index (χ3n) is 5.82. The quantitative estimate of drug-likeness (QED) is 0.374. The van der Waals surface area contributed by atoms with Gasteiger partial charge in [-0.2, -0.15) is 13.1 Å². The number of hydrogen-bond donors (Lipinski definition) is 1. The second kappa shape index (κ2) is 8.46. The van der Waals surface area contributed by atoms with Gasteiger partial charge in [0.2, 0.25) is 10.0 Å². The van der Waals surface area contributed by atoms with Gasteiger partial charge in [-0.25, -0.2) is 8.42 Å². The fraction of sp³-hybridized carbons (Fsp3) is 0.208. The van der Waals surface area contributed by atoms with E-state index in [0.717, 1.165) is 33.8 Å². The summed E-state index contributed by atoms with van der Waals surface area (Å²) in [6.07, 6.45) is 1.49. The topological polar surface area (TPSA) is 109 Å². The van der Waals surface area contributed by atoms with Crippen LogP contribution in [0.1, 0.15) is 28.0 Å². The van der Waals surface area contributed by atoms with E-state index in [9.17, 15) is 13.2 Å². The van der Waals surface area contributed by atoms with Crippen LogP contribution in [-0.2, 0) is 23.1 Å². The summed E-state index contributed by atoms with van der Waals surface area (Å²) in [6.45, 7) is 5.49. The summed E-state index contributed by atoms with van der Waals surface area (Å²) in [4.78, 5) is 16.0. The molecular formula is C24H22N4O4S2. The summed E-state index contributed by atoms with van der Waals surface area (Å²) in [5.74, 6) is 0.467. The predicted octanol–water partition coefficient (Wildman–Crippen LogP) is 4.44. The lowest BCUT2D eigenvalue weighted by molar-refractivity contribution is 0.358. The average Bonchev–Trinajstić information content (AvgIpc) is 3.45. The first-order chi connectivity index (χ1) is 16.2. The normalized spacial score (nSPS) is 12.2. The van der Waals surface area contributed by atoms with Gasteiger partial charge in [0.25, 0.3) is 5.56 Å². The Hall–Kier alpha value is -3.34. The number of pyridine rings is 1. The standard InChI is InChI=1S/C24H22N4O4S2/c1-14-9-16(3)19-11-17(24(29)25-21(19)10-14)12-28(13-18-5-4-8-32-18)34(30,31)23-15(2)6-7-20-22(23)27-33-26-20/h4-11H,12-13H2,1-3H3,(H,25,29). The third kappa shape index (κ3) is 3.93. The molecule has 0 fully saturated rings. The van der Waals surface area contributed by atoms with E-state index in [4.69, 9.17) is 4.42 Å².